The Hall–Kier alpha value is -4.56. The van der Waals surface area contributed by atoms with Gasteiger partial charge in [-0.1, -0.05) is 60.7 Å². The predicted molar refractivity (Wildman–Crippen MR) is 164 cm³/mol. The van der Waals surface area contributed by atoms with Gasteiger partial charge in [0.25, 0.3) is 5.91 Å². The number of imidazole rings is 1. The Morgan fingerprint density at radius 3 is 2.17 bits per heavy atom. The highest BCUT2D eigenvalue weighted by Gasteiger charge is 2.23. The van der Waals surface area contributed by atoms with E-state index in [0.717, 1.165) is 52.8 Å². The van der Waals surface area contributed by atoms with Gasteiger partial charge in [-0.15, -0.1) is 0 Å². The van der Waals surface area contributed by atoms with Crippen molar-refractivity contribution in [2.75, 3.05) is 42.1 Å². The van der Waals surface area contributed by atoms with Gasteiger partial charge in [-0.25, -0.2) is 9.55 Å². The third-order valence-electron chi connectivity index (χ3n) is 7.31. The summed E-state index contributed by atoms with van der Waals surface area (Å²) in [4.78, 5) is 33.3. The van der Waals surface area contributed by atoms with Gasteiger partial charge < -0.3 is 15.1 Å². The Bertz CT molecular complexity index is 1630. The van der Waals surface area contributed by atoms with Crippen LogP contribution >= 0.6 is 11.8 Å². The number of benzene rings is 4. The van der Waals surface area contributed by atoms with Crippen LogP contribution in [-0.4, -0.2) is 53.6 Å². The largest absolute Gasteiger partial charge is 0.368 e. The molecule has 41 heavy (non-hydrogen) atoms. The lowest BCUT2D eigenvalue weighted by atomic mass is 10.1. The zero-order valence-corrected chi connectivity index (χ0v) is 23.5. The molecule has 0 aliphatic carbocycles. The van der Waals surface area contributed by atoms with Gasteiger partial charge in [0.15, 0.2) is 11.0 Å². The minimum Gasteiger partial charge on any atom is -0.368 e. The lowest BCUT2D eigenvalue weighted by Gasteiger charge is -2.36. The Kier molecular flexibility index (Phi) is 8.00. The molecule has 0 unspecified atom stereocenters. The smallest absolute Gasteiger partial charge is 0.317 e. The van der Waals surface area contributed by atoms with Crippen molar-refractivity contribution >= 4 is 46.0 Å². The van der Waals surface area contributed by atoms with E-state index >= 15 is 0 Å². The number of aromatic amines is 1. The maximum absolute atomic E-state index is 12.9. The number of hydrogen-bond donors (Lipinski definition) is 2. The molecular formula is C33H32N5O2S+. The quantitative estimate of drug-likeness (QED) is 0.202. The molecule has 1 aliphatic heterocycles. The number of aromatic nitrogens is 2. The molecule has 2 heterocycles. The molecule has 6 rings (SSSR count). The van der Waals surface area contributed by atoms with Crippen molar-refractivity contribution in [3.63, 3.8) is 0 Å². The second kappa shape index (κ2) is 12.3. The van der Waals surface area contributed by atoms with Crippen LogP contribution in [0.25, 0.3) is 11.0 Å². The van der Waals surface area contributed by atoms with Gasteiger partial charge >= 0.3 is 5.16 Å². The Morgan fingerprint density at radius 2 is 1.44 bits per heavy atom. The van der Waals surface area contributed by atoms with Crippen LogP contribution in [0, 0.1) is 0 Å². The number of anilines is 2. The van der Waals surface area contributed by atoms with Crippen LogP contribution in [-0.2, 0) is 11.3 Å². The fourth-order valence-corrected chi connectivity index (χ4v) is 6.00. The summed E-state index contributed by atoms with van der Waals surface area (Å²) < 4.78 is 2.23. The third-order valence-corrected chi connectivity index (χ3v) is 8.31. The number of H-pyrrole nitrogens is 1. The molecule has 1 aromatic heterocycles. The van der Waals surface area contributed by atoms with E-state index in [1.165, 1.54) is 17.3 Å². The van der Waals surface area contributed by atoms with E-state index < -0.39 is 0 Å². The molecule has 2 N–H and O–H groups in total. The summed E-state index contributed by atoms with van der Waals surface area (Å²) in [6, 6.07) is 35.9. The average molecular weight is 563 g/mol. The standard InChI is InChI=1S/C33H31N5O2S/c39-31(24-41-33-35-29-13-7-8-14-30(29)38(33)23-25-9-3-1-4-10-25)34-27-15-17-28(18-16-27)36-19-21-37(22-20-36)32(40)26-11-5-2-6-12-26/h1-18H,19-24H2,(H,34,39)/p+1. The summed E-state index contributed by atoms with van der Waals surface area (Å²) in [5.74, 6) is 0.320. The summed E-state index contributed by atoms with van der Waals surface area (Å²) >= 11 is 1.50. The average Bonchev–Trinajstić information content (AvgIpc) is 3.38. The summed E-state index contributed by atoms with van der Waals surface area (Å²) in [7, 11) is 0. The highest BCUT2D eigenvalue weighted by Crippen LogP contribution is 2.22. The molecule has 5 aromatic rings. The molecule has 1 saturated heterocycles. The molecule has 4 aromatic carbocycles. The first-order chi connectivity index (χ1) is 20.1. The molecule has 0 bridgehead atoms. The van der Waals surface area contributed by atoms with Crippen molar-refractivity contribution in [3.05, 3.63) is 120 Å². The third kappa shape index (κ3) is 6.28. The van der Waals surface area contributed by atoms with Crippen LogP contribution < -0.4 is 14.8 Å². The normalized spacial score (nSPS) is 13.4. The number of nitrogens with one attached hydrogen (secondary N) is 2. The number of amides is 2. The number of hydrogen-bond acceptors (Lipinski definition) is 4. The Balaban J connectivity index is 1.04. The molecule has 0 radical (unpaired) electrons. The monoisotopic (exact) mass is 562 g/mol. The van der Waals surface area contributed by atoms with Gasteiger partial charge in [-0.2, -0.15) is 0 Å². The minimum absolute atomic E-state index is 0.0549. The maximum atomic E-state index is 12.9. The van der Waals surface area contributed by atoms with Gasteiger partial charge in [0.2, 0.25) is 5.91 Å². The minimum atomic E-state index is -0.0549. The number of carbonyl (C=O) groups excluding carboxylic acids is 2. The van der Waals surface area contributed by atoms with Gasteiger partial charge in [0, 0.05) is 43.1 Å². The molecular weight excluding hydrogens is 530 g/mol. The summed E-state index contributed by atoms with van der Waals surface area (Å²) in [5, 5.41) is 3.98. The number of rotatable bonds is 8. The number of thioether (sulfide) groups is 1. The fraction of sp³-hybridized carbons (Fsp3) is 0.182. The van der Waals surface area contributed by atoms with Crippen molar-refractivity contribution in [1.82, 2.24) is 9.88 Å². The van der Waals surface area contributed by atoms with Gasteiger partial charge in [-0.3, -0.25) is 9.59 Å². The lowest BCUT2D eigenvalue weighted by Crippen LogP contribution is -2.48. The van der Waals surface area contributed by atoms with Crippen LogP contribution in [0.15, 0.2) is 114 Å². The summed E-state index contributed by atoms with van der Waals surface area (Å²) in [5.41, 5.74) is 5.95. The SMILES string of the molecule is O=C(CSc1[nH]c2ccccc2[n+]1Cc1ccccc1)Nc1ccc(N2CCN(C(=O)c3ccccc3)CC2)cc1. The van der Waals surface area contributed by atoms with Crippen molar-refractivity contribution < 1.29 is 14.2 Å². The zero-order valence-electron chi connectivity index (χ0n) is 22.7. The van der Waals surface area contributed by atoms with Gasteiger partial charge in [-0.05, 0) is 65.9 Å². The molecule has 206 valence electrons. The second-order valence-electron chi connectivity index (χ2n) is 10.0. The van der Waals surface area contributed by atoms with Crippen molar-refractivity contribution in [1.29, 1.82) is 0 Å². The molecule has 1 fully saturated rings. The first-order valence-electron chi connectivity index (χ1n) is 13.8. The van der Waals surface area contributed by atoms with E-state index in [0.29, 0.717) is 18.8 Å². The lowest BCUT2D eigenvalue weighted by molar-refractivity contribution is -0.700. The van der Waals surface area contributed by atoms with E-state index in [9.17, 15) is 9.59 Å². The number of piperazine rings is 1. The van der Waals surface area contributed by atoms with E-state index in [1.807, 2.05) is 89.8 Å². The van der Waals surface area contributed by atoms with Gasteiger partial charge in [0.1, 0.15) is 6.54 Å². The molecule has 8 heteroatoms. The van der Waals surface area contributed by atoms with Crippen molar-refractivity contribution in [2.45, 2.75) is 11.7 Å². The molecule has 1 aliphatic rings. The highest BCUT2D eigenvalue weighted by atomic mass is 32.2. The number of para-hydroxylation sites is 2. The summed E-state index contributed by atoms with van der Waals surface area (Å²) in [6.45, 7) is 3.64. The summed E-state index contributed by atoms with van der Waals surface area (Å²) in [6.07, 6.45) is 0. The van der Waals surface area contributed by atoms with Crippen LogP contribution in [0.2, 0.25) is 0 Å². The second-order valence-corrected chi connectivity index (χ2v) is 11.0. The molecule has 2 amide bonds. The van der Waals surface area contributed by atoms with E-state index in [4.69, 9.17) is 0 Å². The number of fused-ring (bicyclic) bond motifs is 1. The van der Waals surface area contributed by atoms with Crippen LogP contribution in [0.5, 0.6) is 0 Å². The molecule has 0 saturated carbocycles. The highest BCUT2D eigenvalue weighted by molar-refractivity contribution is 7.99. The maximum Gasteiger partial charge on any atom is 0.317 e. The molecule has 0 atom stereocenters. The topological polar surface area (TPSA) is 72.3 Å². The van der Waals surface area contributed by atoms with E-state index in [-0.39, 0.29) is 11.8 Å². The van der Waals surface area contributed by atoms with Crippen LogP contribution in [0.3, 0.4) is 0 Å². The first kappa shape index (κ1) is 26.7. The first-order valence-corrected chi connectivity index (χ1v) is 14.8. The predicted octanol–water partition coefficient (Wildman–Crippen LogP) is 5.20. The van der Waals surface area contributed by atoms with Crippen LogP contribution in [0.4, 0.5) is 11.4 Å². The van der Waals surface area contributed by atoms with Crippen molar-refractivity contribution in [3.8, 4) is 0 Å². The van der Waals surface area contributed by atoms with Gasteiger partial charge in [0.05, 0.1) is 5.75 Å². The molecule has 7 nitrogen and oxygen atoms in total. The van der Waals surface area contributed by atoms with E-state index in [1.54, 1.807) is 0 Å². The number of carbonyl (C=O) groups is 2. The Morgan fingerprint density at radius 1 is 0.780 bits per heavy atom. The van der Waals surface area contributed by atoms with Crippen LogP contribution in [0.1, 0.15) is 15.9 Å². The zero-order chi connectivity index (χ0) is 28.0. The van der Waals surface area contributed by atoms with Crippen molar-refractivity contribution in [2.24, 2.45) is 0 Å². The fourth-order valence-electron chi connectivity index (χ4n) is 5.16. The molecule has 0 spiro atoms. The Labute approximate surface area is 243 Å². The van der Waals surface area contributed by atoms with E-state index in [2.05, 4.69) is 44.0 Å². The number of nitrogens with zero attached hydrogens (tertiary/aromatic N) is 3.